The van der Waals surface area contributed by atoms with E-state index >= 15 is 0 Å². The number of hydrogen-bond acceptors (Lipinski definition) is 2. The van der Waals surface area contributed by atoms with Crippen molar-refractivity contribution in [3.63, 3.8) is 0 Å². The summed E-state index contributed by atoms with van der Waals surface area (Å²) in [4.78, 5) is 12.5. The lowest BCUT2D eigenvalue weighted by Gasteiger charge is -2.19. The van der Waals surface area contributed by atoms with E-state index in [0.717, 1.165) is 23.2 Å². The molecule has 0 radical (unpaired) electrons. The van der Waals surface area contributed by atoms with E-state index in [1.807, 2.05) is 39.0 Å². The zero-order chi connectivity index (χ0) is 16.8. The van der Waals surface area contributed by atoms with Crippen LogP contribution in [0.3, 0.4) is 0 Å². The number of aryl methyl sites for hydroxylation is 2. The number of anilines is 1. The molecule has 2 aromatic carbocycles. The van der Waals surface area contributed by atoms with E-state index in [0.29, 0.717) is 6.42 Å². The molecular weight excluding hydrogens is 293 g/mol. The van der Waals surface area contributed by atoms with Crippen LogP contribution in [0.2, 0.25) is 0 Å². The van der Waals surface area contributed by atoms with Crippen LogP contribution in [-0.4, -0.2) is 12.0 Å². The van der Waals surface area contributed by atoms with Crippen LogP contribution in [0.15, 0.2) is 42.5 Å². The lowest BCUT2D eigenvalue weighted by atomic mass is 10.1. The number of rotatable bonds is 6. The number of halogens is 1. The zero-order valence-corrected chi connectivity index (χ0v) is 13.7. The number of para-hydroxylation sites is 2. The van der Waals surface area contributed by atoms with Gasteiger partial charge in [-0.1, -0.05) is 44.2 Å². The molecule has 2 aromatic rings. The quantitative estimate of drug-likeness (QED) is 0.853. The first kappa shape index (κ1) is 17.0. The van der Waals surface area contributed by atoms with Crippen LogP contribution < -0.4 is 10.1 Å². The van der Waals surface area contributed by atoms with Gasteiger partial charge in [0.2, 0.25) is 0 Å². The highest BCUT2D eigenvalue weighted by molar-refractivity contribution is 5.95. The Labute approximate surface area is 136 Å². The van der Waals surface area contributed by atoms with E-state index < -0.39 is 11.9 Å². The molecule has 0 aliphatic rings. The molecule has 0 saturated carbocycles. The van der Waals surface area contributed by atoms with Gasteiger partial charge < -0.3 is 10.1 Å². The van der Waals surface area contributed by atoms with Crippen molar-refractivity contribution in [1.82, 2.24) is 0 Å². The molecule has 1 atom stereocenters. The van der Waals surface area contributed by atoms with Crippen LogP contribution in [0.4, 0.5) is 10.1 Å². The molecule has 23 heavy (non-hydrogen) atoms. The Bertz CT molecular complexity index is 685. The monoisotopic (exact) mass is 315 g/mol. The van der Waals surface area contributed by atoms with Gasteiger partial charge in [0.15, 0.2) is 17.7 Å². The second-order valence-electron chi connectivity index (χ2n) is 5.40. The Balaban J connectivity index is 2.17. The molecular formula is C19H22FNO2. The van der Waals surface area contributed by atoms with E-state index in [2.05, 4.69) is 5.32 Å². The van der Waals surface area contributed by atoms with Gasteiger partial charge in [-0.05, 0) is 43.0 Å². The van der Waals surface area contributed by atoms with Crippen LogP contribution in [0.5, 0.6) is 5.75 Å². The minimum absolute atomic E-state index is 0.0926. The molecule has 0 saturated heterocycles. The third kappa shape index (κ3) is 4.09. The molecule has 0 spiro atoms. The number of benzene rings is 2. The predicted octanol–water partition coefficient (Wildman–Crippen LogP) is 4.49. The summed E-state index contributed by atoms with van der Waals surface area (Å²) in [5.41, 5.74) is 2.88. The molecule has 0 aliphatic carbocycles. The summed E-state index contributed by atoms with van der Waals surface area (Å²) in [6.45, 7) is 5.83. The predicted molar refractivity (Wildman–Crippen MR) is 90.3 cm³/mol. The Hall–Kier alpha value is -2.36. The molecule has 4 heteroatoms. The number of amides is 1. The fraction of sp³-hybridized carbons (Fsp3) is 0.316. The maximum Gasteiger partial charge on any atom is 0.265 e. The lowest BCUT2D eigenvalue weighted by molar-refractivity contribution is -0.122. The molecule has 0 fully saturated rings. The van der Waals surface area contributed by atoms with Gasteiger partial charge in [-0.3, -0.25) is 4.79 Å². The SMILES string of the molecule is CCc1cccc(C)c1NC(=O)[C@H](CC)Oc1ccccc1F. The minimum atomic E-state index is -0.740. The van der Waals surface area contributed by atoms with E-state index in [-0.39, 0.29) is 11.7 Å². The van der Waals surface area contributed by atoms with E-state index in [9.17, 15) is 9.18 Å². The van der Waals surface area contributed by atoms with Crippen molar-refractivity contribution in [3.05, 3.63) is 59.4 Å². The molecule has 0 bridgehead atoms. The second-order valence-corrected chi connectivity index (χ2v) is 5.40. The van der Waals surface area contributed by atoms with E-state index in [4.69, 9.17) is 4.74 Å². The Morgan fingerprint density at radius 3 is 2.57 bits per heavy atom. The first-order chi connectivity index (χ1) is 11.1. The van der Waals surface area contributed by atoms with Crippen molar-refractivity contribution in [3.8, 4) is 5.75 Å². The van der Waals surface area contributed by atoms with Crippen molar-refractivity contribution in [2.45, 2.75) is 39.7 Å². The molecule has 2 rings (SSSR count). The number of carbonyl (C=O) groups excluding carboxylic acids is 1. The maximum atomic E-state index is 13.7. The number of ether oxygens (including phenoxy) is 1. The topological polar surface area (TPSA) is 38.3 Å². The van der Waals surface area contributed by atoms with Crippen molar-refractivity contribution < 1.29 is 13.9 Å². The highest BCUT2D eigenvalue weighted by Gasteiger charge is 2.21. The summed E-state index contributed by atoms with van der Waals surface area (Å²) >= 11 is 0. The Kier molecular flexibility index (Phi) is 5.74. The summed E-state index contributed by atoms with van der Waals surface area (Å²) in [7, 11) is 0. The summed E-state index contributed by atoms with van der Waals surface area (Å²) < 4.78 is 19.3. The summed E-state index contributed by atoms with van der Waals surface area (Å²) in [5.74, 6) is -0.640. The van der Waals surface area contributed by atoms with Crippen LogP contribution in [-0.2, 0) is 11.2 Å². The summed E-state index contributed by atoms with van der Waals surface area (Å²) in [5, 5.41) is 2.93. The Morgan fingerprint density at radius 1 is 1.17 bits per heavy atom. The molecule has 0 aromatic heterocycles. The van der Waals surface area contributed by atoms with Gasteiger partial charge in [-0.2, -0.15) is 0 Å². The second kappa shape index (κ2) is 7.77. The highest BCUT2D eigenvalue weighted by Crippen LogP contribution is 2.23. The number of nitrogens with one attached hydrogen (secondary N) is 1. The van der Waals surface area contributed by atoms with Gasteiger partial charge in [-0.15, -0.1) is 0 Å². The molecule has 122 valence electrons. The van der Waals surface area contributed by atoms with Crippen LogP contribution >= 0.6 is 0 Å². The van der Waals surface area contributed by atoms with Gasteiger partial charge in [0.25, 0.3) is 5.91 Å². The normalized spacial score (nSPS) is 11.8. The first-order valence-corrected chi connectivity index (χ1v) is 7.87. The first-order valence-electron chi connectivity index (χ1n) is 7.87. The fourth-order valence-electron chi connectivity index (χ4n) is 2.42. The van der Waals surface area contributed by atoms with E-state index in [1.54, 1.807) is 12.1 Å². The van der Waals surface area contributed by atoms with Crippen LogP contribution in [0.1, 0.15) is 31.4 Å². The molecule has 0 unspecified atom stereocenters. The van der Waals surface area contributed by atoms with Crippen molar-refractivity contribution in [1.29, 1.82) is 0 Å². The third-order valence-electron chi connectivity index (χ3n) is 3.76. The summed E-state index contributed by atoms with van der Waals surface area (Å²) in [6.07, 6.45) is 0.534. The molecule has 1 amide bonds. The molecule has 0 aliphatic heterocycles. The standard InChI is InChI=1S/C19H22FNO2/c1-4-14-10-8-9-13(3)18(14)21-19(22)16(5-2)23-17-12-7-6-11-15(17)20/h6-12,16H,4-5H2,1-3H3,(H,21,22)/t16-/m0/s1. The number of hydrogen-bond donors (Lipinski definition) is 1. The summed E-state index contributed by atoms with van der Waals surface area (Å²) in [6, 6.07) is 12.0. The van der Waals surface area contributed by atoms with Crippen molar-refractivity contribution in [2.75, 3.05) is 5.32 Å². The smallest absolute Gasteiger partial charge is 0.265 e. The average Bonchev–Trinajstić information content (AvgIpc) is 2.55. The zero-order valence-electron chi connectivity index (χ0n) is 13.7. The lowest BCUT2D eigenvalue weighted by Crippen LogP contribution is -2.33. The average molecular weight is 315 g/mol. The highest BCUT2D eigenvalue weighted by atomic mass is 19.1. The molecule has 1 N–H and O–H groups in total. The molecule has 0 heterocycles. The van der Waals surface area contributed by atoms with Crippen LogP contribution in [0.25, 0.3) is 0 Å². The Morgan fingerprint density at radius 2 is 1.91 bits per heavy atom. The van der Waals surface area contributed by atoms with Crippen molar-refractivity contribution in [2.24, 2.45) is 0 Å². The third-order valence-corrected chi connectivity index (χ3v) is 3.76. The molecule has 3 nitrogen and oxygen atoms in total. The minimum Gasteiger partial charge on any atom is -0.478 e. The van der Waals surface area contributed by atoms with Gasteiger partial charge in [0.1, 0.15) is 0 Å². The largest absolute Gasteiger partial charge is 0.478 e. The maximum absolute atomic E-state index is 13.7. The number of carbonyl (C=O) groups is 1. The van der Waals surface area contributed by atoms with Gasteiger partial charge in [0, 0.05) is 5.69 Å². The fourth-order valence-corrected chi connectivity index (χ4v) is 2.42. The van der Waals surface area contributed by atoms with E-state index in [1.165, 1.54) is 12.1 Å². The van der Waals surface area contributed by atoms with Gasteiger partial charge >= 0.3 is 0 Å². The van der Waals surface area contributed by atoms with Crippen molar-refractivity contribution >= 4 is 11.6 Å². The van der Waals surface area contributed by atoms with Gasteiger partial charge in [-0.25, -0.2) is 4.39 Å². The van der Waals surface area contributed by atoms with Crippen LogP contribution in [0, 0.1) is 12.7 Å². The van der Waals surface area contributed by atoms with Gasteiger partial charge in [0.05, 0.1) is 0 Å².